The van der Waals surface area contributed by atoms with Crippen LogP contribution in [0.4, 0.5) is 0 Å². The first-order valence-electron chi connectivity index (χ1n) is 7.07. The van der Waals surface area contributed by atoms with E-state index in [4.69, 9.17) is 4.74 Å². The third kappa shape index (κ3) is 3.74. The van der Waals surface area contributed by atoms with E-state index in [9.17, 15) is 8.42 Å². The highest BCUT2D eigenvalue weighted by atomic mass is 32.2. The van der Waals surface area contributed by atoms with Gasteiger partial charge in [-0.1, -0.05) is 19.1 Å². The molecule has 1 aromatic rings. The average Bonchev–Trinajstić information content (AvgIpc) is 2.47. The van der Waals surface area contributed by atoms with Crippen LogP contribution in [-0.2, 0) is 10.2 Å². The van der Waals surface area contributed by atoms with Crippen molar-refractivity contribution in [3.63, 3.8) is 0 Å². The van der Waals surface area contributed by atoms with Crippen molar-refractivity contribution in [2.45, 2.75) is 13.0 Å². The van der Waals surface area contributed by atoms with E-state index in [0.717, 1.165) is 11.3 Å². The predicted molar refractivity (Wildman–Crippen MR) is 82.5 cm³/mol. The molecular weight excluding hydrogens is 290 g/mol. The number of methoxy groups -OCH3 is 1. The van der Waals surface area contributed by atoms with Gasteiger partial charge in [-0.2, -0.15) is 12.7 Å². The van der Waals surface area contributed by atoms with Crippen LogP contribution in [0.5, 0.6) is 5.75 Å². The Bertz CT molecular complexity index is 577. The summed E-state index contributed by atoms with van der Waals surface area (Å²) in [7, 11) is 0.258. The van der Waals surface area contributed by atoms with Crippen molar-refractivity contribution < 1.29 is 13.2 Å². The number of nitrogens with one attached hydrogen (secondary N) is 1. The second-order valence-electron chi connectivity index (χ2n) is 5.13. The molecule has 21 heavy (non-hydrogen) atoms. The van der Waals surface area contributed by atoms with Crippen molar-refractivity contribution in [3.8, 4) is 5.75 Å². The third-order valence-corrected chi connectivity index (χ3v) is 5.42. The Kier molecular flexibility index (Phi) is 5.21. The van der Waals surface area contributed by atoms with Crippen molar-refractivity contribution in [1.82, 2.24) is 13.9 Å². The molecule has 1 fully saturated rings. The summed E-state index contributed by atoms with van der Waals surface area (Å²) < 4.78 is 33.6. The zero-order valence-electron chi connectivity index (χ0n) is 12.7. The molecule has 0 spiro atoms. The van der Waals surface area contributed by atoms with E-state index in [1.54, 1.807) is 14.0 Å². The van der Waals surface area contributed by atoms with E-state index in [-0.39, 0.29) is 6.04 Å². The third-order valence-electron chi connectivity index (χ3n) is 3.76. The fourth-order valence-corrected chi connectivity index (χ4v) is 3.76. The van der Waals surface area contributed by atoms with Gasteiger partial charge in [-0.05, 0) is 24.7 Å². The predicted octanol–water partition coefficient (Wildman–Crippen LogP) is 0.838. The SMILES string of the molecule is CCNS(=O)(=O)N1CCN(C)C(c2cccc(OC)c2)C1. The number of hydrogen-bond donors (Lipinski definition) is 1. The number of piperazine rings is 1. The Morgan fingerprint density at radius 2 is 2.14 bits per heavy atom. The molecule has 1 atom stereocenters. The Morgan fingerprint density at radius 3 is 2.81 bits per heavy atom. The zero-order chi connectivity index (χ0) is 15.5. The van der Waals surface area contributed by atoms with Gasteiger partial charge in [-0.3, -0.25) is 4.90 Å². The second kappa shape index (κ2) is 6.74. The summed E-state index contributed by atoms with van der Waals surface area (Å²) in [5.41, 5.74) is 1.06. The molecule has 0 aromatic heterocycles. The smallest absolute Gasteiger partial charge is 0.279 e. The number of nitrogens with zero attached hydrogens (tertiary/aromatic N) is 2. The Hall–Kier alpha value is -1.15. The molecule has 1 heterocycles. The highest BCUT2D eigenvalue weighted by Gasteiger charge is 2.32. The van der Waals surface area contributed by atoms with Crippen LogP contribution in [0, 0.1) is 0 Å². The average molecular weight is 313 g/mol. The van der Waals surface area contributed by atoms with Crippen LogP contribution in [0.2, 0.25) is 0 Å². The number of rotatable bonds is 5. The number of ether oxygens (including phenoxy) is 1. The molecule has 0 amide bonds. The molecule has 6 nitrogen and oxygen atoms in total. The quantitative estimate of drug-likeness (QED) is 0.875. The molecule has 0 bridgehead atoms. The summed E-state index contributed by atoms with van der Waals surface area (Å²) >= 11 is 0. The highest BCUT2D eigenvalue weighted by Crippen LogP contribution is 2.27. The maximum Gasteiger partial charge on any atom is 0.279 e. The van der Waals surface area contributed by atoms with Gasteiger partial charge in [0.1, 0.15) is 5.75 Å². The van der Waals surface area contributed by atoms with Crippen molar-refractivity contribution in [1.29, 1.82) is 0 Å². The van der Waals surface area contributed by atoms with Gasteiger partial charge in [0.25, 0.3) is 10.2 Å². The lowest BCUT2D eigenvalue weighted by molar-refractivity contribution is 0.147. The van der Waals surface area contributed by atoms with E-state index in [0.29, 0.717) is 26.2 Å². The standard InChI is InChI=1S/C14H23N3O3S/c1-4-15-21(18,19)17-9-8-16(2)14(11-17)12-6-5-7-13(10-12)20-3/h5-7,10,14-15H,4,8-9,11H2,1-3H3. The molecule has 0 aliphatic carbocycles. The molecule has 1 aliphatic heterocycles. The minimum atomic E-state index is -3.39. The van der Waals surface area contributed by atoms with Gasteiger partial charge < -0.3 is 4.74 Å². The van der Waals surface area contributed by atoms with Gasteiger partial charge in [-0.25, -0.2) is 4.72 Å². The minimum Gasteiger partial charge on any atom is -0.497 e. The lowest BCUT2D eigenvalue weighted by atomic mass is 10.0. The molecule has 1 aliphatic rings. The summed E-state index contributed by atoms with van der Waals surface area (Å²) in [6.45, 7) is 3.84. The highest BCUT2D eigenvalue weighted by molar-refractivity contribution is 7.87. The van der Waals surface area contributed by atoms with Crippen LogP contribution in [0.1, 0.15) is 18.5 Å². The maximum atomic E-state index is 12.2. The van der Waals surface area contributed by atoms with Gasteiger partial charge in [0.2, 0.25) is 0 Å². The number of hydrogen-bond acceptors (Lipinski definition) is 4. The first-order valence-corrected chi connectivity index (χ1v) is 8.51. The summed E-state index contributed by atoms with van der Waals surface area (Å²) in [5, 5.41) is 0. The van der Waals surface area contributed by atoms with E-state index < -0.39 is 10.2 Å². The van der Waals surface area contributed by atoms with Crippen LogP contribution in [0.15, 0.2) is 24.3 Å². The van der Waals surface area contributed by atoms with Crippen LogP contribution >= 0.6 is 0 Å². The lowest BCUT2D eigenvalue weighted by Gasteiger charge is -2.38. The van der Waals surface area contributed by atoms with E-state index in [1.165, 1.54) is 4.31 Å². The lowest BCUT2D eigenvalue weighted by Crippen LogP contribution is -2.52. The molecule has 118 valence electrons. The monoisotopic (exact) mass is 313 g/mol. The Labute approximate surface area is 126 Å². The van der Waals surface area contributed by atoms with Gasteiger partial charge in [0, 0.05) is 32.2 Å². The minimum absolute atomic E-state index is 0.0299. The fraction of sp³-hybridized carbons (Fsp3) is 0.571. The summed E-state index contributed by atoms with van der Waals surface area (Å²) in [6.07, 6.45) is 0. The maximum absolute atomic E-state index is 12.2. The molecule has 0 radical (unpaired) electrons. The van der Waals surface area contributed by atoms with Crippen molar-refractivity contribution in [3.05, 3.63) is 29.8 Å². The van der Waals surface area contributed by atoms with Crippen LogP contribution in [0.25, 0.3) is 0 Å². The molecule has 1 aromatic carbocycles. The molecule has 2 rings (SSSR count). The molecule has 1 N–H and O–H groups in total. The Balaban J connectivity index is 2.22. The van der Waals surface area contributed by atoms with Crippen LogP contribution < -0.4 is 9.46 Å². The summed E-state index contributed by atoms with van der Waals surface area (Å²) in [5.74, 6) is 0.785. The van der Waals surface area contributed by atoms with Gasteiger partial charge in [0.05, 0.1) is 7.11 Å². The first kappa shape index (κ1) is 16.2. The van der Waals surface area contributed by atoms with E-state index in [2.05, 4.69) is 9.62 Å². The normalized spacial score (nSPS) is 21.4. The van der Waals surface area contributed by atoms with Crippen LogP contribution in [0.3, 0.4) is 0 Å². The molecule has 7 heteroatoms. The van der Waals surface area contributed by atoms with E-state index in [1.807, 2.05) is 31.3 Å². The largest absolute Gasteiger partial charge is 0.497 e. The molecule has 0 saturated carbocycles. The molecular formula is C14H23N3O3S. The van der Waals surface area contributed by atoms with Gasteiger partial charge in [0.15, 0.2) is 0 Å². The topological polar surface area (TPSA) is 61.9 Å². The molecule has 1 saturated heterocycles. The van der Waals surface area contributed by atoms with Crippen molar-refractivity contribution in [2.75, 3.05) is 40.3 Å². The number of likely N-dealkylation sites (N-methyl/N-ethyl adjacent to an activating group) is 1. The first-order chi connectivity index (χ1) is 9.97. The van der Waals surface area contributed by atoms with Crippen molar-refractivity contribution >= 4 is 10.2 Å². The van der Waals surface area contributed by atoms with Crippen LogP contribution in [-0.4, -0.2) is 58.0 Å². The van der Waals surface area contributed by atoms with Gasteiger partial charge in [-0.15, -0.1) is 0 Å². The summed E-state index contributed by atoms with van der Waals surface area (Å²) in [6, 6.07) is 7.82. The van der Waals surface area contributed by atoms with Gasteiger partial charge >= 0.3 is 0 Å². The van der Waals surface area contributed by atoms with Crippen molar-refractivity contribution in [2.24, 2.45) is 0 Å². The zero-order valence-corrected chi connectivity index (χ0v) is 13.6. The Morgan fingerprint density at radius 1 is 1.38 bits per heavy atom. The second-order valence-corrected chi connectivity index (χ2v) is 6.89. The fourth-order valence-electron chi connectivity index (χ4n) is 2.55. The summed E-state index contributed by atoms with van der Waals surface area (Å²) in [4.78, 5) is 2.17. The number of benzene rings is 1. The molecule has 1 unspecified atom stereocenters. The van der Waals surface area contributed by atoms with E-state index >= 15 is 0 Å².